The molecule has 0 bridgehead atoms. The van der Waals surface area contributed by atoms with Gasteiger partial charge in [0.2, 0.25) is 0 Å². The molecule has 8 nitrogen and oxygen atoms in total. The Labute approximate surface area is 345 Å². The van der Waals surface area contributed by atoms with Crippen molar-refractivity contribution in [1.82, 2.24) is 0 Å². The second-order valence-electron chi connectivity index (χ2n) is 20.6. The fourth-order valence-electron chi connectivity index (χ4n) is 8.59. The number of fused-ring (bicyclic) bond motifs is 1. The number of hydrogen-bond donors (Lipinski definition) is 0. The summed E-state index contributed by atoms with van der Waals surface area (Å²) in [5.41, 5.74) is 3.37. The van der Waals surface area contributed by atoms with Gasteiger partial charge in [-0.15, -0.1) is 0 Å². The Bertz CT molecular complexity index is 1440. The highest BCUT2D eigenvalue weighted by atomic mass is 31.2. The minimum atomic E-state index is -3.79. The van der Waals surface area contributed by atoms with Gasteiger partial charge in [-0.25, -0.2) is 4.57 Å². The second kappa shape index (κ2) is 19.4. The van der Waals surface area contributed by atoms with E-state index in [2.05, 4.69) is 93.7 Å². The van der Waals surface area contributed by atoms with Crippen LogP contribution in [-0.4, -0.2) is 67.7 Å². The second-order valence-corrected chi connectivity index (χ2v) is 31.7. The Balaban J connectivity index is 1.98. The van der Waals surface area contributed by atoms with Crippen molar-refractivity contribution in [3.05, 3.63) is 47.6 Å². The molecule has 3 aliphatic carbocycles. The zero-order valence-corrected chi connectivity index (χ0v) is 41.7. The number of phosphoric acid groups is 1. The molecule has 0 unspecified atom stereocenters. The summed E-state index contributed by atoms with van der Waals surface area (Å²) in [7, 11) is -6.24. The molecule has 0 saturated heterocycles. The third kappa shape index (κ3) is 12.5. The predicted molar refractivity (Wildman–Crippen MR) is 238 cm³/mol. The zero-order chi connectivity index (χ0) is 42.5. The summed E-state index contributed by atoms with van der Waals surface area (Å²) in [6, 6.07) is 0. The molecule has 56 heavy (non-hydrogen) atoms. The average Bonchev–Trinajstić information content (AvgIpc) is 3.42. The van der Waals surface area contributed by atoms with Gasteiger partial charge in [-0.1, -0.05) is 91.8 Å². The lowest BCUT2D eigenvalue weighted by Gasteiger charge is -2.46. The molecule has 0 aliphatic heterocycles. The van der Waals surface area contributed by atoms with Crippen molar-refractivity contribution < 1.29 is 36.5 Å². The Morgan fingerprint density at radius 1 is 0.929 bits per heavy atom. The van der Waals surface area contributed by atoms with Gasteiger partial charge in [0.15, 0.2) is 16.6 Å². The minimum absolute atomic E-state index is 0.0448. The summed E-state index contributed by atoms with van der Waals surface area (Å²) in [6.07, 6.45) is 15.7. The summed E-state index contributed by atoms with van der Waals surface area (Å²) in [4.78, 5) is 0. The Morgan fingerprint density at radius 3 is 2.07 bits per heavy atom. The standard InChI is InChI=1S/C45H83O8PSi2/c1-19-49-54(46,50-20-2)51-40(27-29-44(11,12)48-32-47-14)34(4)38-25-26-39-35(22-21-28-45(38,39)13)23-24-36-30-37(52-55(15,16)42(5,6)7)31-41(33(36)3)53-56(17,18)43(8,9)10/h23-24,27,29,34,37-41H,3,19-22,25-26,28,30-32H2,1-2,4-18H3/b29-27+,35-23+,36-24-/t34-,37+,38+,39-,40-,41-,45+/m0/s1. The van der Waals surface area contributed by atoms with E-state index in [1.54, 1.807) is 7.11 Å². The number of hydrogen-bond acceptors (Lipinski definition) is 8. The Morgan fingerprint density at radius 2 is 1.52 bits per heavy atom. The van der Waals surface area contributed by atoms with Crippen molar-refractivity contribution >= 4 is 24.5 Å². The summed E-state index contributed by atoms with van der Waals surface area (Å²) >= 11 is 0. The van der Waals surface area contributed by atoms with Crippen LogP contribution in [-0.2, 0) is 36.5 Å². The van der Waals surface area contributed by atoms with E-state index in [4.69, 9.17) is 38.5 Å². The van der Waals surface area contributed by atoms with E-state index in [0.717, 1.165) is 50.5 Å². The van der Waals surface area contributed by atoms with Gasteiger partial charge in [-0.3, -0.25) is 13.6 Å². The summed E-state index contributed by atoms with van der Waals surface area (Å²) < 4.78 is 56.9. The van der Waals surface area contributed by atoms with E-state index in [0.29, 0.717) is 11.8 Å². The van der Waals surface area contributed by atoms with Gasteiger partial charge in [0.25, 0.3) is 0 Å². The normalized spacial score (nSPS) is 28.7. The van der Waals surface area contributed by atoms with Crippen LogP contribution in [0.5, 0.6) is 0 Å². The zero-order valence-electron chi connectivity index (χ0n) is 38.8. The van der Waals surface area contributed by atoms with Gasteiger partial charge in [0, 0.05) is 13.5 Å². The first-order valence-corrected chi connectivity index (χ1v) is 28.8. The van der Waals surface area contributed by atoms with Crippen molar-refractivity contribution in [3.63, 3.8) is 0 Å². The smallest absolute Gasteiger partial charge is 0.413 e. The van der Waals surface area contributed by atoms with E-state index >= 15 is 0 Å². The predicted octanol–water partition coefficient (Wildman–Crippen LogP) is 13.3. The fourth-order valence-corrected chi connectivity index (χ4v) is 12.7. The van der Waals surface area contributed by atoms with Crippen molar-refractivity contribution in [2.45, 2.75) is 188 Å². The van der Waals surface area contributed by atoms with Crippen LogP contribution in [0.15, 0.2) is 47.6 Å². The molecule has 0 aromatic rings. The van der Waals surface area contributed by atoms with Gasteiger partial charge in [-0.05, 0) is 137 Å². The quantitative estimate of drug-likeness (QED) is 0.0584. The molecule has 0 aromatic heterocycles. The molecule has 0 aromatic carbocycles. The maximum atomic E-state index is 13.8. The van der Waals surface area contributed by atoms with E-state index in [1.807, 2.05) is 39.8 Å². The maximum absolute atomic E-state index is 13.8. The van der Waals surface area contributed by atoms with E-state index < -0.39 is 36.2 Å². The number of ether oxygens (including phenoxy) is 2. The first-order chi connectivity index (χ1) is 25.7. The maximum Gasteiger partial charge on any atom is 0.475 e. The summed E-state index contributed by atoms with van der Waals surface area (Å²) in [6.45, 7) is 41.0. The van der Waals surface area contributed by atoms with Crippen LogP contribution in [0.2, 0.25) is 36.3 Å². The van der Waals surface area contributed by atoms with Crippen molar-refractivity contribution in [2.24, 2.45) is 23.2 Å². The van der Waals surface area contributed by atoms with Gasteiger partial charge in [-0.2, -0.15) is 0 Å². The summed E-state index contributed by atoms with van der Waals surface area (Å²) in [5.74, 6) is 0.839. The minimum Gasteiger partial charge on any atom is -0.413 e. The molecule has 0 radical (unpaired) electrons. The molecule has 0 heterocycles. The molecule has 3 saturated carbocycles. The van der Waals surface area contributed by atoms with Crippen LogP contribution in [0.1, 0.15) is 128 Å². The lowest BCUT2D eigenvalue weighted by Crippen LogP contribution is -2.49. The first-order valence-electron chi connectivity index (χ1n) is 21.5. The third-order valence-corrected chi connectivity index (χ3v) is 24.7. The van der Waals surface area contributed by atoms with Gasteiger partial charge in [0.05, 0.1) is 37.1 Å². The Hall–Kier alpha value is -0.656. The molecule has 324 valence electrons. The highest BCUT2D eigenvalue weighted by molar-refractivity contribution is 7.48. The molecule has 7 atom stereocenters. The molecule has 3 rings (SSSR count). The van der Waals surface area contributed by atoms with Crippen LogP contribution >= 0.6 is 7.82 Å². The van der Waals surface area contributed by atoms with Crippen LogP contribution in [0.3, 0.4) is 0 Å². The van der Waals surface area contributed by atoms with E-state index in [-0.39, 0.29) is 53.6 Å². The lowest BCUT2D eigenvalue weighted by molar-refractivity contribution is -0.0924. The van der Waals surface area contributed by atoms with Gasteiger partial charge in [0.1, 0.15) is 6.79 Å². The number of phosphoric ester groups is 1. The van der Waals surface area contributed by atoms with E-state index in [9.17, 15) is 4.57 Å². The molecular formula is C45H83O8PSi2. The SMILES string of the molecule is C=C1/C(=C\C=C2/CCC[C@]3(C)[C@@H]([C@H](C)[C@H](/C=C/C(C)(C)OCOC)OP(=O)(OCC)OCC)CC[C@@H]23)C[C@@H](O[Si](C)(C)C(C)(C)C)C[C@@H]1O[Si](C)(C)C(C)(C)C. The van der Waals surface area contributed by atoms with Crippen molar-refractivity contribution in [2.75, 3.05) is 27.1 Å². The largest absolute Gasteiger partial charge is 0.475 e. The fraction of sp³-hybridized carbons (Fsp3) is 0.822. The number of methoxy groups -OCH3 is 1. The molecule has 0 amide bonds. The third-order valence-electron chi connectivity index (χ3n) is 14.0. The van der Waals surface area contributed by atoms with E-state index in [1.165, 1.54) is 11.1 Å². The molecule has 3 fully saturated rings. The van der Waals surface area contributed by atoms with Crippen LogP contribution < -0.4 is 0 Å². The monoisotopic (exact) mass is 839 g/mol. The van der Waals surface area contributed by atoms with Crippen molar-refractivity contribution in [3.8, 4) is 0 Å². The van der Waals surface area contributed by atoms with Crippen LogP contribution in [0.4, 0.5) is 0 Å². The molecule has 0 N–H and O–H groups in total. The first kappa shape index (κ1) is 49.7. The van der Waals surface area contributed by atoms with Gasteiger partial charge < -0.3 is 18.3 Å². The molecule has 0 spiro atoms. The summed E-state index contributed by atoms with van der Waals surface area (Å²) in [5, 5.41) is 0.231. The lowest BCUT2D eigenvalue weighted by atomic mass is 9.60. The highest BCUT2D eigenvalue weighted by Gasteiger charge is 2.53. The number of allylic oxidation sites excluding steroid dienone is 3. The molecular weight excluding hydrogens is 756 g/mol. The van der Waals surface area contributed by atoms with Crippen LogP contribution in [0.25, 0.3) is 0 Å². The van der Waals surface area contributed by atoms with Crippen LogP contribution in [0, 0.1) is 23.2 Å². The number of rotatable bonds is 18. The molecule has 3 aliphatic rings. The Kier molecular flexibility index (Phi) is 17.2. The topological polar surface area (TPSA) is 81.7 Å². The molecule has 11 heteroatoms. The van der Waals surface area contributed by atoms with Crippen molar-refractivity contribution in [1.29, 1.82) is 0 Å². The van der Waals surface area contributed by atoms with Gasteiger partial charge >= 0.3 is 7.82 Å². The highest BCUT2D eigenvalue weighted by Crippen LogP contribution is 2.61. The average molecular weight is 839 g/mol.